The predicted octanol–water partition coefficient (Wildman–Crippen LogP) is 3.43. The van der Waals surface area contributed by atoms with Crippen molar-refractivity contribution in [3.63, 3.8) is 0 Å². The third-order valence-electron chi connectivity index (χ3n) is 3.22. The average molecular weight is 254 g/mol. The van der Waals surface area contributed by atoms with Gasteiger partial charge in [0, 0.05) is 12.1 Å². The summed E-state index contributed by atoms with van der Waals surface area (Å²) < 4.78 is 0. The summed E-state index contributed by atoms with van der Waals surface area (Å²) in [5.74, 6) is 0. The van der Waals surface area contributed by atoms with E-state index in [4.69, 9.17) is 5.73 Å². The Labute approximate surface area is 115 Å². The predicted molar refractivity (Wildman–Crippen MR) is 80.8 cm³/mol. The SMILES string of the molecule is CC(C)N[C@H](c1ccccc1)[C@H](N)c1ccccc1. The van der Waals surface area contributed by atoms with Crippen molar-refractivity contribution in [3.8, 4) is 0 Å². The smallest absolute Gasteiger partial charge is 0.0518 e. The van der Waals surface area contributed by atoms with E-state index in [1.165, 1.54) is 5.56 Å². The van der Waals surface area contributed by atoms with E-state index >= 15 is 0 Å². The van der Waals surface area contributed by atoms with Crippen molar-refractivity contribution in [2.45, 2.75) is 32.0 Å². The number of benzene rings is 2. The van der Waals surface area contributed by atoms with E-state index in [1.54, 1.807) is 0 Å². The van der Waals surface area contributed by atoms with Gasteiger partial charge in [-0.05, 0) is 11.1 Å². The van der Waals surface area contributed by atoms with E-state index in [0.29, 0.717) is 6.04 Å². The van der Waals surface area contributed by atoms with Gasteiger partial charge in [0.25, 0.3) is 0 Å². The molecule has 0 saturated carbocycles. The number of hydrogen-bond donors (Lipinski definition) is 2. The first-order valence-electron chi connectivity index (χ1n) is 6.80. The molecule has 0 fully saturated rings. The fourth-order valence-corrected chi connectivity index (χ4v) is 2.29. The highest BCUT2D eigenvalue weighted by atomic mass is 15.0. The summed E-state index contributed by atoms with van der Waals surface area (Å²) in [5, 5.41) is 3.57. The zero-order valence-corrected chi connectivity index (χ0v) is 11.6. The molecule has 0 heterocycles. The second kappa shape index (κ2) is 6.50. The normalized spacial score (nSPS) is 14.3. The topological polar surface area (TPSA) is 38.0 Å². The molecule has 0 aliphatic heterocycles. The number of hydrogen-bond acceptors (Lipinski definition) is 2. The molecule has 0 saturated heterocycles. The van der Waals surface area contributed by atoms with Gasteiger partial charge in [0.15, 0.2) is 0 Å². The van der Waals surface area contributed by atoms with Crippen LogP contribution in [0.1, 0.15) is 37.1 Å². The lowest BCUT2D eigenvalue weighted by atomic mass is 9.93. The molecule has 100 valence electrons. The second-order valence-corrected chi connectivity index (χ2v) is 5.15. The van der Waals surface area contributed by atoms with Crippen molar-refractivity contribution in [1.82, 2.24) is 5.32 Å². The van der Waals surface area contributed by atoms with Crippen LogP contribution in [-0.4, -0.2) is 6.04 Å². The van der Waals surface area contributed by atoms with Crippen LogP contribution in [0, 0.1) is 0 Å². The second-order valence-electron chi connectivity index (χ2n) is 5.15. The first-order chi connectivity index (χ1) is 9.18. The molecule has 2 aromatic carbocycles. The van der Waals surface area contributed by atoms with Crippen LogP contribution in [-0.2, 0) is 0 Å². The largest absolute Gasteiger partial charge is 0.322 e. The van der Waals surface area contributed by atoms with Crippen molar-refractivity contribution in [3.05, 3.63) is 71.8 Å². The quantitative estimate of drug-likeness (QED) is 0.858. The Morgan fingerprint density at radius 3 is 1.74 bits per heavy atom. The Morgan fingerprint density at radius 1 is 0.789 bits per heavy atom. The lowest BCUT2D eigenvalue weighted by Gasteiger charge is -2.28. The molecule has 3 N–H and O–H groups in total. The summed E-state index contributed by atoms with van der Waals surface area (Å²) in [6.07, 6.45) is 0. The summed E-state index contributed by atoms with van der Waals surface area (Å²) in [5.41, 5.74) is 8.84. The molecule has 0 aliphatic carbocycles. The summed E-state index contributed by atoms with van der Waals surface area (Å²) in [6.45, 7) is 4.29. The van der Waals surface area contributed by atoms with Crippen LogP contribution < -0.4 is 11.1 Å². The first kappa shape index (κ1) is 13.8. The van der Waals surface area contributed by atoms with Gasteiger partial charge in [0.05, 0.1) is 6.04 Å². The third kappa shape index (κ3) is 3.66. The van der Waals surface area contributed by atoms with Crippen LogP contribution in [0.15, 0.2) is 60.7 Å². The minimum Gasteiger partial charge on any atom is -0.322 e. The Balaban J connectivity index is 2.28. The standard InChI is InChI=1S/C17H22N2/c1-13(2)19-17(15-11-7-4-8-12-15)16(18)14-9-5-3-6-10-14/h3-13,16-17,19H,18H2,1-2H3/t16-,17-/m1/s1. The highest BCUT2D eigenvalue weighted by molar-refractivity contribution is 5.27. The monoisotopic (exact) mass is 254 g/mol. The zero-order valence-electron chi connectivity index (χ0n) is 11.6. The summed E-state index contributed by atoms with van der Waals surface area (Å²) >= 11 is 0. The van der Waals surface area contributed by atoms with Gasteiger partial charge in [-0.3, -0.25) is 0 Å². The van der Waals surface area contributed by atoms with E-state index in [9.17, 15) is 0 Å². The maximum Gasteiger partial charge on any atom is 0.0518 e. The zero-order chi connectivity index (χ0) is 13.7. The molecule has 19 heavy (non-hydrogen) atoms. The van der Waals surface area contributed by atoms with E-state index in [1.807, 2.05) is 24.3 Å². The summed E-state index contributed by atoms with van der Waals surface area (Å²) in [6, 6.07) is 21.1. The maximum absolute atomic E-state index is 6.46. The van der Waals surface area contributed by atoms with Crippen molar-refractivity contribution < 1.29 is 0 Å². The van der Waals surface area contributed by atoms with Gasteiger partial charge >= 0.3 is 0 Å². The average Bonchev–Trinajstić information content (AvgIpc) is 2.46. The number of nitrogens with two attached hydrogens (primary N) is 1. The van der Waals surface area contributed by atoms with Gasteiger partial charge in [-0.15, -0.1) is 0 Å². The molecular weight excluding hydrogens is 232 g/mol. The Kier molecular flexibility index (Phi) is 4.72. The molecule has 2 aromatic rings. The fraction of sp³-hybridized carbons (Fsp3) is 0.294. The van der Waals surface area contributed by atoms with Gasteiger partial charge < -0.3 is 11.1 Å². The van der Waals surface area contributed by atoms with E-state index in [2.05, 4.69) is 55.6 Å². The van der Waals surface area contributed by atoms with E-state index in [0.717, 1.165) is 5.56 Å². The lowest BCUT2D eigenvalue weighted by Crippen LogP contribution is -2.35. The molecule has 0 aromatic heterocycles. The van der Waals surface area contributed by atoms with E-state index < -0.39 is 0 Å². The van der Waals surface area contributed by atoms with Crippen LogP contribution in [0.4, 0.5) is 0 Å². The molecule has 0 amide bonds. The Morgan fingerprint density at radius 2 is 1.26 bits per heavy atom. The number of nitrogens with one attached hydrogen (secondary N) is 1. The van der Waals surface area contributed by atoms with Crippen molar-refractivity contribution in [1.29, 1.82) is 0 Å². The molecule has 0 radical (unpaired) electrons. The van der Waals surface area contributed by atoms with Crippen molar-refractivity contribution in [2.24, 2.45) is 5.73 Å². The minimum absolute atomic E-state index is 0.0500. The molecule has 0 bridgehead atoms. The van der Waals surface area contributed by atoms with E-state index in [-0.39, 0.29) is 12.1 Å². The first-order valence-corrected chi connectivity index (χ1v) is 6.80. The fourth-order valence-electron chi connectivity index (χ4n) is 2.29. The maximum atomic E-state index is 6.46. The van der Waals surface area contributed by atoms with Gasteiger partial charge in [0.2, 0.25) is 0 Å². The third-order valence-corrected chi connectivity index (χ3v) is 3.22. The van der Waals surface area contributed by atoms with Crippen molar-refractivity contribution in [2.75, 3.05) is 0 Å². The molecule has 0 unspecified atom stereocenters. The van der Waals surface area contributed by atoms with Crippen molar-refractivity contribution >= 4 is 0 Å². The molecule has 2 atom stereocenters. The summed E-state index contributed by atoms with van der Waals surface area (Å²) in [7, 11) is 0. The minimum atomic E-state index is -0.0500. The lowest BCUT2D eigenvalue weighted by molar-refractivity contribution is 0.415. The van der Waals surface area contributed by atoms with Gasteiger partial charge in [-0.25, -0.2) is 0 Å². The molecule has 0 aliphatic rings. The highest BCUT2D eigenvalue weighted by Gasteiger charge is 2.21. The van der Waals surface area contributed by atoms with Gasteiger partial charge in [-0.2, -0.15) is 0 Å². The molecule has 2 nitrogen and oxygen atoms in total. The Hall–Kier alpha value is -1.64. The molecule has 0 spiro atoms. The van der Waals surface area contributed by atoms with Crippen LogP contribution in [0.25, 0.3) is 0 Å². The Bertz CT molecular complexity index is 479. The van der Waals surface area contributed by atoms with Gasteiger partial charge in [-0.1, -0.05) is 74.5 Å². The highest BCUT2D eigenvalue weighted by Crippen LogP contribution is 2.27. The van der Waals surface area contributed by atoms with Crippen LogP contribution >= 0.6 is 0 Å². The molecule has 2 rings (SSSR count). The summed E-state index contributed by atoms with van der Waals surface area (Å²) in [4.78, 5) is 0. The van der Waals surface area contributed by atoms with Crippen LogP contribution in [0.5, 0.6) is 0 Å². The molecular formula is C17H22N2. The molecule has 2 heteroatoms. The van der Waals surface area contributed by atoms with Gasteiger partial charge in [0.1, 0.15) is 0 Å². The van der Waals surface area contributed by atoms with Crippen LogP contribution in [0.3, 0.4) is 0 Å². The number of rotatable bonds is 5. The van der Waals surface area contributed by atoms with Crippen LogP contribution in [0.2, 0.25) is 0 Å².